The third-order valence-corrected chi connectivity index (χ3v) is 4.47. The van der Waals surface area contributed by atoms with Gasteiger partial charge < -0.3 is 10.1 Å². The van der Waals surface area contributed by atoms with Crippen LogP contribution in [0.3, 0.4) is 0 Å². The van der Waals surface area contributed by atoms with Gasteiger partial charge in [0.05, 0.1) is 6.04 Å². The zero-order chi connectivity index (χ0) is 15.0. The maximum atomic E-state index is 11.6. The summed E-state index contributed by atoms with van der Waals surface area (Å²) in [6.07, 6.45) is -0.329. The Labute approximate surface area is 125 Å². The van der Waals surface area contributed by atoms with Crippen molar-refractivity contribution in [3.8, 4) is 0 Å². The molecule has 1 aromatic carbocycles. The van der Waals surface area contributed by atoms with Crippen molar-refractivity contribution in [2.75, 3.05) is 6.61 Å². The summed E-state index contributed by atoms with van der Waals surface area (Å²) in [6.45, 7) is 11.3. The van der Waals surface area contributed by atoms with Crippen molar-refractivity contribution in [2.24, 2.45) is 5.41 Å². The fourth-order valence-electron chi connectivity index (χ4n) is 2.33. The lowest BCUT2D eigenvalue weighted by Gasteiger charge is -2.39. The van der Waals surface area contributed by atoms with Gasteiger partial charge in [0.1, 0.15) is 6.61 Å². The first-order valence-electron chi connectivity index (χ1n) is 6.90. The maximum Gasteiger partial charge on any atom is 0.407 e. The smallest absolute Gasteiger partial charge is 0.407 e. The number of alkyl carbamates (subject to hydrolysis) is 1. The van der Waals surface area contributed by atoms with E-state index in [0.717, 1.165) is 0 Å². The van der Waals surface area contributed by atoms with Crippen molar-refractivity contribution >= 4 is 17.9 Å². The maximum absolute atomic E-state index is 11.6. The predicted molar refractivity (Wildman–Crippen MR) is 83.1 cm³/mol. The summed E-state index contributed by atoms with van der Waals surface area (Å²) in [4.78, 5) is 12.8. The van der Waals surface area contributed by atoms with Crippen molar-refractivity contribution in [3.05, 3.63) is 29.8 Å². The summed E-state index contributed by atoms with van der Waals surface area (Å²) in [7, 11) is 0. The highest BCUT2D eigenvalue weighted by Crippen LogP contribution is 2.42. The fourth-order valence-corrected chi connectivity index (χ4v) is 3.44. The monoisotopic (exact) mass is 293 g/mol. The molecule has 0 aliphatic carbocycles. The largest absolute Gasteiger partial charge is 0.449 e. The molecule has 0 radical (unpaired) electrons. The molecule has 20 heavy (non-hydrogen) atoms. The van der Waals surface area contributed by atoms with Gasteiger partial charge in [0.25, 0.3) is 0 Å². The van der Waals surface area contributed by atoms with Crippen molar-refractivity contribution < 1.29 is 9.53 Å². The Morgan fingerprint density at radius 2 is 1.95 bits per heavy atom. The second-order valence-corrected chi connectivity index (χ2v) is 8.76. The Bertz CT molecular complexity index is 505. The quantitative estimate of drug-likeness (QED) is 0.822. The molecule has 1 fully saturated rings. The van der Waals surface area contributed by atoms with Crippen molar-refractivity contribution in [2.45, 2.75) is 50.3 Å². The van der Waals surface area contributed by atoms with Crippen molar-refractivity contribution in [1.29, 1.82) is 0 Å². The number of hydrogen-bond acceptors (Lipinski definition) is 3. The van der Waals surface area contributed by atoms with Gasteiger partial charge in [-0.15, -0.1) is 11.8 Å². The van der Waals surface area contributed by atoms with Crippen LogP contribution in [0, 0.1) is 5.41 Å². The highest BCUT2D eigenvalue weighted by Gasteiger charge is 2.39. The van der Waals surface area contributed by atoms with Crippen LogP contribution in [0.4, 0.5) is 4.79 Å². The third-order valence-electron chi connectivity index (χ3n) is 3.27. The summed E-state index contributed by atoms with van der Waals surface area (Å²) in [6, 6.07) is 8.29. The van der Waals surface area contributed by atoms with E-state index in [-0.39, 0.29) is 22.3 Å². The average Bonchev–Trinajstić information content (AvgIpc) is 2.31. The summed E-state index contributed by atoms with van der Waals surface area (Å²) >= 11 is 1.83. The van der Waals surface area contributed by atoms with Crippen LogP contribution in [0.5, 0.6) is 0 Å². The van der Waals surface area contributed by atoms with Gasteiger partial charge in [-0.2, -0.15) is 0 Å². The number of carbonyl (C=O) groups excluding carboxylic acids is 1. The molecule has 1 heterocycles. The summed E-state index contributed by atoms with van der Waals surface area (Å²) in [5.41, 5.74) is 1.05. The third kappa shape index (κ3) is 3.48. The van der Waals surface area contributed by atoms with Crippen LogP contribution in [-0.2, 0) is 4.74 Å². The second-order valence-electron chi connectivity index (χ2n) is 6.89. The Hall–Kier alpha value is -1.16. The van der Waals surface area contributed by atoms with Crippen LogP contribution in [0.1, 0.15) is 46.2 Å². The Kier molecular flexibility index (Phi) is 4.05. The van der Waals surface area contributed by atoms with E-state index in [1.807, 2.05) is 23.9 Å². The number of rotatable bonds is 2. The molecule has 0 bridgehead atoms. The SMILES string of the molecule is CC(C)(C)Sc1ccccc1[C@@H]1NC(=O)OCC1(C)C. The number of ether oxygens (including phenoxy) is 1. The van der Waals surface area contributed by atoms with Gasteiger partial charge in [-0.1, -0.05) is 52.8 Å². The molecular formula is C16H23NO2S. The normalized spacial score (nSPS) is 22.1. The topological polar surface area (TPSA) is 38.3 Å². The van der Waals surface area contributed by atoms with Gasteiger partial charge in [-0.05, 0) is 11.6 Å². The molecule has 2 rings (SSSR count). The molecule has 1 saturated heterocycles. The van der Waals surface area contributed by atoms with E-state index in [4.69, 9.17) is 4.74 Å². The van der Waals surface area contributed by atoms with E-state index < -0.39 is 0 Å². The molecule has 0 aromatic heterocycles. The van der Waals surface area contributed by atoms with Crippen LogP contribution in [0.25, 0.3) is 0 Å². The minimum absolute atomic E-state index is 0.0187. The first-order chi connectivity index (χ1) is 9.19. The predicted octanol–water partition coefficient (Wildman–Crippen LogP) is 4.38. The van der Waals surface area contributed by atoms with Crippen LogP contribution in [-0.4, -0.2) is 17.4 Å². The molecule has 1 aromatic rings. The number of cyclic esters (lactones) is 1. The fraction of sp³-hybridized carbons (Fsp3) is 0.562. The summed E-state index contributed by atoms with van der Waals surface area (Å²) in [5, 5.41) is 2.97. The molecule has 0 saturated carbocycles. The van der Waals surface area contributed by atoms with E-state index in [1.54, 1.807) is 0 Å². The van der Waals surface area contributed by atoms with Gasteiger partial charge in [-0.25, -0.2) is 4.79 Å². The number of hydrogen-bond donors (Lipinski definition) is 1. The molecule has 4 heteroatoms. The van der Waals surface area contributed by atoms with Gasteiger partial charge in [0, 0.05) is 15.1 Å². The Morgan fingerprint density at radius 1 is 1.30 bits per heavy atom. The van der Waals surface area contributed by atoms with Crippen molar-refractivity contribution in [3.63, 3.8) is 0 Å². The zero-order valence-electron chi connectivity index (χ0n) is 12.8. The highest BCUT2D eigenvalue weighted by molar-refractivity contribution is 8.00. The lowest BCUT2D eigenvalue weighted by molar-refractivity contribution is 0.0380. The number of carbonyl (C=O) groups is 1. The van der Waals surface area contributed by atoms with Crippen molar-refractivity contribution in [1.82, 2.24) is 5.32 Å². The van der Waals surface area contributed by atoms with E-state index in [1.165, 1.54) is 10.5 Å². The molecule has 0 unspecified atom stereocenters. The van der Waals surface area contributed by atoms with Gasteiger partial charge in [-0.3, -0.25) is 0 Å². The zero-order valence-corrected chi connectivity index (χ0v) is 13.6. The molecule has 3 nitrogen and oxygen atoms in total. The minimum Gasteiger partial charge on any atom is -0.449 e. The minimum atomic E-state index is -0.329. The molecule has 1 atom stereocenters. The van der Waals surface area contributed by atoms with E-state index >= 15 is 0 Å². The Morgan fingerprint density at radius 3 is 2.60 bits per heavy atom. The number of amides is 1. The van der Waals surface area contributed by atoms with Gasteiger partial charge >= 0.3 is 6.09 Å². The van der Waals surface area contributed by atoms with Gasteiger partial charge in [0.15, 0.2) is 0 Å². The molecule has 1 amide bonds. The lowest BCUT2D eigenvalue weighted by atomic mass is 9.80. The molecule has 1 aliphatic heterocycles. The van der Waals surface area contributed by atoms with Crippen LogP contribution in [0.2, 0.25) is 0 Å². The summed E-state index contributed by atoms with van der Waals surface area (Å²) < 4.78 is 5.26. The van der Waals surface area contributed by atoms with E-state index in [2.05, 4.69) is 52.1 Å². The molecule has 1 aliphatic rings. The number of benzene rings is 1. The molecule has 0 spiro atoms. The molecule has 1 N–H and O–H groups in total. The summed E-state index contributed by atoms with van der Waals surface area (Å²) in [5.74, 6) is 0. The van der Waals surface area contributed by atoms with Crippen LogP contribution in [0.15, 0.2) is 29.2 Å². The van der Waals surface area contributed by atoms with Gasteiger partial charge in [0.2, 0.25) is 0 Å². The average molecular weight is 293 g/mol. The number of nitrogens with one attached hydrogen (secondary N) is 1. The first kappa shape index (κ1) is 15.2. The van der Waals surface area contributed by atoms with Crippen LogP contribution >= 0.6 is 11.8 Å². The molecular weight excluding hydrogens is 270 g/mol. The second kappa shape index (κ2) is 5.32. The highest BCUT2D eigenvalue weighted by atomic mass is 32.2. The van der Waals surface area contributed by atoms with Crippen LogP contribution < -0.4 is 5.32 Å². The Balaban J connectivity index is 2.38. The van der Waals surface area contributed by atoms with E-state index in [9.17, 15) is 4.79 Å². The molecule has 110 valence electrons. The lowest BCUT2D eigenvalue weighted by Crippen LogP contribution is -2.47. The first-order valence-corrected chi connectivity index (χ1v) is 7.72. The van der Waals surface area contributed by atoms with E-state index in [0.29, 0.717) is 6.61 Å². The number of thioether (sulfide) groups is 1. The standard InChI is InChI=1S/C16H23NO2S/c1-15(2,3)20-12-9-7-6-8-11(12)13-16(4,5)10-19-14(18)17-13/h6-9,13H,10H2,1-5H3,(H,17,18)/t13-/m0/s1.